The first kappa shape index (κ1) is 16.9. The van der Waals surface area contributed by atoms with E-state index in [9.17, 15) is 4.79 Å². The zero-order valence-electron chi connectivity index (χ0n) is 13.6. The summed E-state index contributed by atoms with van der Waals surface area (Å²) in [4.78, 5) is 20.6. The summed E-state index contributed by atoms with van der Waals surface area (Å²) < 4.78 is 5.51. The second-order valence-electron chi connectivity index (χ2n) is 6.10. The van der Waals surface area contributed by atoms with Crippen LogP contribution in [0.4, 0.5) is 0 Å². The Morgan fingerprint density at radius 1 is 1.25 bits per heavy atom. The lowest BCUT2D eigenvalue weighted by molar-refractivity contribution is 0.0487. The number of nitrogens with zero attached hydrogens (tertiary/aromatic N) is 2. The SMILES string of the molecule is Cc1cnc(C(=O)NCC2(c3ccccc3Cl)CCOCC2)cn1. The monoisotopic (exact) mass is 345 g/mol. The molecule has 2 aromatic rings. The van der Waals surface area contributed by atoms with Crippen LogP contribution < -0.4 is 5.32 Å². The van der Waals surface area contributed by atoms with E-state index in [1.54, 1.807) is 6.20 Å². The van der Waals surface area contributed by atoms with E-state index in [0.29, 0.717) is 25.5 Å². The highest BCUT2D eigenvalue weighted by atomic mass is 35.5. The Morgan fingerprint density at radius 2 is 2.00 bits per heavy atom. The third kappa shape index (κ3) is 3.57. The zero-order chi connectivity index (χ0) is 17.0. The second kappa shape index (κ2) is 7.28. The molecule has 0 bridgehead atoms. The first-order valence-electron chi connectivity index (χ1n) is 8.00. The van der Waals surface area contributed by atoms with Gasteiger partial charge in [-0.3, -0.25) is 9.78 Å². The molecule has 0 unspecified atom stereocenters. The largest absolute Gasteiger partial charge is 0.381 e. The fraction of sp³-hybridized carbons (Fsp3) is 0.389. The van der Waals surface area contributed by atoms with E-state index in [-0.39, 0.29) is 11.3 Å². The number of aromatic nitrogens is 2. The third-order valence-corrected chi connectivity index (χ3v) is 4.83. The number of halogens is 1. The van der Waals surface area contributed by atoms with Crippen molar-refractivity contribution in [1.82, 2.24) is 15.3 Å². The molecule has 5 nitrogen and oxygen atoms in total. The molecule has 0 saturated carbocycles. The Morgan fingerprint density at radius 3 is 2.67 bits per heavy atom. The number of nitrogens with one attached hydrogen (secondary N) is 1. The van der Waals surface area contributed by atoms with Crippen molar-refractivity contribution in [2.45, 2.75) is 25.2 Å². The first-order valence-corrected chi connectivity index (χ1v) is 8.38. The maximum absolute atomic E-state index is 12.4. The number of amides is 1. The van der Waals surface area contributed by atoms with Crippen LogP contribution in [0.3, 0.4) is 0 Å². The molecule has 1 N–H and O–H groups in total. The Bertz CT molecular complexity index is 712. The van der Waals surface area contributed by atoms with Crippen LogP contribution in [0.2, 0.25) is 5.02 Å². The Balaban J connectivity index is 1.79. The topological polar surface area (TPSA) is 64.1 Å². The van der Waals surface area contributed by atoms with Gasteiger partial charge in [-0.25, -0.2) is 4.98 Å². The molecule has 0 radical (unpaired) electrons. The van der Waals surface area contributed by atoms with Crippen LogP contribution in [0.15, 0.2) is 36.7 Å². The molecule has 1 aromatic heterocycles. The number of hydrogen-bond donors (Lipinski definition) is 1. The molecular weight excluding hydrogens is 326 g/mol. The van der Waals surface area contributed by atoms with Crippen LogP contribution in [-0.4, -0.2) is 35.6 Å². The van der Waals surface area contributed by atoms with Crippen LogP contribution in [0.5, 0.6) is 0 Å². The molecule has 0 aliphatic carbocycles. The van der Waals surface area contributed by atoms with Crippen LogP contribution in [0.1, 0.15) is 34.6 Å². The molecule has 24 heavy (non-hydrogen) atoms. The van der Waals surface area contributed by atoms with Crippen LogP contribution in [0, 0.1) is 6.92 Å². The second-order valence-corrected chi connectivity index (χ2v) is 6.51. The van der Waals surface area contributed by atoms with Crippen molar-refractivity contribution in [3.05, 3.63) is 58.6 Å². The molecule has 1 fully saturated rings. The summed E-state index contributed by atoms with van der Waals surface area (Å²) in [5.74, 6) is -0.222. The molecule has 0 atom stereocenters. The van der Waals surface area contributed by atoms with Gasteiger partial charge in [0.1, 0.15) is 5.69 Å². The maximum Gasteiger partial charge on any atom is 0.271 e. The highest BCUT2D eigenvalue weighted by Crippen LogP contribution is 2.38. The third-order valence-electron chi connectivity index (χ3n) is 4.50. The van der Waals surface area contributed by atoms with E-state index in [2.05, 4.69) is 15.3 Å². The van der Waals surface area contributed by atoms with Crippen molar-refractivity contribution in [1.29, 1.82) is 0 Å². The van der Waals surface area contributed by atoms with Gasteiger partial charge in [0.05, 0.1) is 11.9 Å². The van der Waals surface area contributed by atoms with Crippen molar-refractivity contribution in [2.75, 3.05) is 19.8 Å². The normalized spacial score (nSPS) is 16.6. The number of ether oxygens (including phenoxy) is 1. The number of benzene rings is 1. The van der Waals surface area contributed by atoms with E-state index < -0.39 is 0 Å². The summed E-state index contributed by atoms with van der Waals surface area (Å²) in [7, 11) is 0. The molecule has 0 spiro atoms. The van der Waals surface area contributed by atoms with Crippen molar-refractivity contribution in [2.24, 2.45) is 0 Å². The highest BCUT2D eigenvalue weighted by Gasteiger charge is 2.36. The predicted octanol–water partition coefficient (Wildman–Crippen LogP) is 2.92. The van der Waals surface area contributed by atoms with Crippen molar-refractivity contribution < 1.29 is 9.53 Å². The Hall–Kier alpha value is -1.98. The van der Waals surface area contributed by atoms with Crippen molar-refractivity contribution in [3.63, 3.8) is 0 Å². The molecule has 2 heterocycles. The Labute approximate surface area is 146 Å². The van der Waals surface area contributed by atoms with Crippen molar-refractivity contribution in [3.8, 4) is 0 Å². The van der Waals surface area contributed by atoms with Gasteiger partial charge in [-0.15, -0.1) is 0 Å². The minimum absolute atomic E-state index is 0.218. The van der Waals surface area contributed by atoms with Crippen LogP contribution in [-0.2, 0) is 10.2 Å². The number of aryl methyl sites for hydroxylation is 1. The lowest BCUT2D eigenvalue weighted by Gasteiger charge is -2.38. The van der Waals surface area contributed by atoms with Gasteiger partial charge in [-0.2, -0.15) is 0 Å². The molecule has 126 valence electrons. The summed E-state index contributed by atoms with van der Waals surface area (Å²) in [5.41, 5.74) is 1.94. The Kier molecular flexibility index (Phi) is 5.11. The van der Waals surface area contributed by atoms with Crippen molar-refractivity contribution >= 4 is 17.5 Å². The molecule has 1 aliphatic rings. The summed E-state index contributed by atoms with van der Waals surface area (Å²) in [6, 6.07) is 7.82. The van der Waals surface area contributed by atoms with E-state index in [4.69, 9.17) is 16.3 Å². The highest BCUT2D eigenvalue weighted by molar-refractivity contribution is 6.31. The average Bonchev–Trinajstić information content (AvgIpc) is 2.61. The fourth-order valence-electron chi connectivity index (χ4n) is 3.04. The minimum atomic E-state index is -0.222. The molecule has 1 aliphatic heterocycles. The lowest BCUT2D eigenvalue weighted by Crippen LogP contribution is -2.45. The van der Waals surface area contributed by atoms with Gasteiger partial charge >= 0.3 is 0 Å². The first-order chi connectivity index (χ1) is 11.6. The smallest absolute Gasteiger partial charge is 0.271 e. The summed E-state index contributed by atoms with van der Waals surface area (Å²) in [5, 5.41) is 3.72. The molecule has 6 heteroatoms. The zero-order valence-corrected chi connectivity index (χ0v) is 14.3. The number of carbonyl (C=O) groups excluding carboxylic acids is 1. The van der Waals surface area contributed by atoms with Gasteiger partial charge in [0.2, 0.25) is 0 Å². The molecule has 3 rings (SSSR count). The molecule has 1 saturated heterocycles. The van der Waals surface area contributed by atoms with Gasteiger partial charge in [0, 0.05) is 36.4 Å². The standard InChI is InChI=1S/C18H20ClN3O2/c1-13-10-21-16(11-20-13)17(23)22-12-18(6-8-24-9-7-18)14-4-2-3-5-15(14)19/h2-5,10-11H,6-9,12H2,1H3,(H,22,23). The molecular formula is C18H20ClN3O2. The van der Waals surface area contributed by atoms with E-state index >= 15 is 0 Å². The van der Waals surface area contributed by atoms with Crippen LogP contribution >= 0.6 is 11.6 Å². The molecule has 1 amide bonds. The average molecular weight is 346 g/mol. The van der Waals surface area contributed by atoms with E-state index in [1.807, 2.05) is 31.2 Å². The summed E-state index contributed by atoms with van der Waals surface area (Å²) in [6.07, 6.45) is 4.72. The summed E-state index contributed by atoms with van der Waals surface area (Å²) >= 11 is 6.42. The van der Waals surface area contributed by atoms with Crippen LogP contribution in [0.25, 0.3) is 0 Å². The lowest BCUT2D eigenvalue weighted by atomic mass is 9.74. The predicted molar refractivity (Wildman–Crippen MR) is 92.3 cm³/mol. The fourth-order valence-corrected chi connectivity index (χ4v) is 3.38. The molecule has 1 aromatic carbocycles. The number of rotatable bonds is 4. The van der Waals surface area contributed by atoms with E-state index in [1.165, 1.54) is 6.20 Å². The number of hydrogen-bond acceptors (Lipinski definition) is 4. The van der Waals surface area contributed by atoms with Gasteiger partial charge < -0.3 is 10.1 Å². The van der Waals surface area contributed by atoms with E-state index in [0.717, 1.165) is 29.1 Å². The van der Waals surface area contributed by atoms with Gasteiger partial charge in [-0.05, 0) is 31.4 Å². The summed E-state index contributed by atoms with van der Waals surface area (Å²) in [6.45, 7) is 3.65. The van der Waals surface area contributed by atoms with Gasteiger partial charge in [0.25, 0.3) is 5.91 Å². The van der Waals surface area contributed by atoms with Gasteiger partial charge in [0.15, 0.2) is 0 Å². The minimum Gasteiger partial charge on any atom is -0.381 e. The number of carbonyl (C=O) groups is 1. The maximum atomic E-state index is 12.4. The quantitative estimate of drug-likeness (QED) is 0.925. The van der Waals surface area contributed by atoms with Gasteiger partial charge in [-0.1, -0.05) is 29.8 Å².